The van der Waals surface area contributed by atoms with Crippen LogP contribution in [0.5, 0.6) is 0 Å². The monoisotopic (exact) mass is 306 g/mol. The van der Waals surface area contributed by atoms with E-state index >= 15 is 0 Å². The summed E-state index contributed by atoms with van der Waals surface area (Å²) in [6.45, 7) is 3.70. The standard InChI is InChI=1S/C15H22N4OS/c1-17(2)13-5-3-4-12(10-13)15(20)19-8-6-18(7-9-19)11-14(16)21/h3-5,10H,6-9,11H2,1-2H3,(H2,16,21). The van der Waals surface area contributed by atoms with E-state index in [0.717, 1.165) is 24.3 Å². The Morgan fingerprint density at radius 2 is 1.95 bits per heavy atom. The normalized spacial score (nSPS) is 15.8. The van der Waals surface area contributed by atoms with Gasteiger partial charge in [0.05, 0.1) is 4.99 Å². The van der Waals surface area contributed by atoms with Crippen LogP contribution in [0.4, 0.5) is 5.69 Å². The summed E-state index contributed by atoms with van der Waals surface area (Å²) >= 11 is 4.92. The second kappa shape index (κ2) is 6.87. The Kier molecular flexibility index (Phi) is 5.14. The third-order valence-electron chi connectivity index (χ3n) is 3.65. The van der Waals surface area contributed by atoms with Gasteiger partial charge in [-0.05, 0) is 18.2 Å². The van der Waals surface area contributed by atoms with Crippen LogP contribution in [0, 0.1) is 0 Å². The summed E-state index contributed by atoms with van der Waals surface area (Å²) in [6.07, 6.45) is 0. The average molecular weight is 306 g/mol. The van der Waals surface area contributed by atoms with E-state index in [-0.39, 0.29) is 5.91 Å². The lowest BCUT2D eigenvalue weighted by molar-refractivity contribution is 0.0654. The summed E-state index contributed by atoms with van der Waals surface area (Å²) in [4.78, 5) is 19.1. The Labute approximate surface area is 131 Å². The van der Waals surface area contributed by atoms with E-state index in [9.17, 15) is 4.79 Å². The number of carbonyl (C=O) groups is 1. The second-order valence-corrected chi connectivity index (χ2v) is 6.00. The number of hydrogen-bond donors (Lipinski definition) is 1. The minimum atomic E-state index is 0.0914. The van der Waals surface area contributed by atoms with Crippen molar-refractivity contribution in [2.24, 2.45) is 5.73 Å². The van der Waals surface area contributed by atoms with Gasteiger partial charge in [0.2, 0.25) is 0 Å². The fourth-order valence-corrected chi connectivity index (χ4v) is 2.61. The molecular weight excluding hydrogens is 284 g/mol. The van der Waals surface area contributed by atoms with Crippen LogP contribution >= 0.6 is 12.2 Å². The first-order valence-electron chi connectivity index (χ1n) is 7.04. The average Bonchev–Trinajstić information content (AvgIpc) is 2.47. The smallest absolute Gasteiger partial charge is 0.254 e. The molecule has 21 heavy (non-hydrogen) atoms. The molecule has 1 aromatic rings. The molecule has 2 rings (SSSR count). The second-order valence-electron chi connectivity index (χ2n) is 5.48. The molecule has 5 nitrogen and oxygen atoms in total. The summed E-state index contributed by atoms with van der Waals surface area (Å²) in [6, 6.07) is 7.73. The maximum atomic E-state index is 12.5. The highest BCUT2D eigenvalue weighted by atomic mass is 32.1. The number of thiocarbonyl (C=S) groups is 1. The van der Waals surface area contributed by atoms with E-state index in [1.54, 1.807) is 0 Å². The van der Waals surface area contributed by atoms with Crippen LogP contribution in [-0.4, -0.2) is 67.5 Å². The molecule has 0 atom stereocenters. The summed E-state index contributed by atoms with van der Waals surface area (Å²) < 4.78 is 0. The predicted molar refractivity (Wildman–Crippen MR) is 89.9 cm³/mol. The van der Waals surface area contributed by atoms with Gasteiger partial charge in [0.1, 0.15) is 0 Å². The highest BCUT2D eigenvalue weighted by Crippen LogP contribution is 2.16. The molecule has 1 heterocycles. The first kappa shape index (κ1) is 15.7. The molecule has 2 N–H and O–H groups in total. The highest BCUT2D eigenvalue weighted by Gasteiger charge is 2.22. The Hall–Kier alpha value is -1.66. The molecule has 1 amide bonds. The Morgan fingerprint density at radius 3 is 2.52 bits per heavy atom. The molecule has 0 radical (unpaired) electrons. The topological polar surface area (TPSA) is 52.8 Å². The van der Waals surface area contributed by atoms with Gasteiger partial charge in [-0.1, -0.05) is 18.3 Å². The number of piperazine rings is 1. The van der Waals surface area contributed by atoms with E-state index in [4.69, 9.17) is 18.0 Å². The fraction of sp³-hybridized carbons (Fsp3) is 0.467. The summed E-state index contributed by atoms with van der Waals surface area (Å²) in [5, 5.41) is 0. The maximum Gasteiger partial charge on any atom is 0.254 e. The van der Waals surface area contributed by atoms with Crippen LogP contribution in [-0.2, 0) is 0 Å². The zero-order valence-corrected chi connectivity index (χ0v) is 13.4. The van der Waals surface area contributed by atoms with Gasteiger partial charge in [-0.15, -0.1) is 0 Å². The molecular formula is C15H22N4OS. The number of amides is 1. The van der Waals surface area contributed by atoms with Crippen LogP contribution in [0.25, 0.3) is 0 Å². The lowest BCUT2D eigenvalue weighted by Gasteiger charge is -2.34. The highest BCUT2D eigenvalue weighted by molar-refractivity contribution is 7.80. The summed E-state index contributed by atoms with van der Waals surface area (Å²) in [7, 11) is 3.94. The van der Waals surface area contributed by atoms with E-state index in [2.05, 4.69) is 4.90 Å². The van der Waals surface area contributed by atoms with Crippen LogP contribution in [0.1, 0.15) is 10.4 Å². The number of rotatable bonds is 4. The van der Waals surface area contributed by atoms with Gasteiger partial charge in [-0.3, -0.25) is 9.69 Å². The Bertz CT molecular complexity index is 524. The van der Waals surface area contributed by atoms with Gasteiger partial charge in [-0.2, -0.15) is 0 Å². The van der Waals surface area contributed by atoms with Crippen molar-refractivity contribution in [1.29, 1.82) is 0 Å². The SMILES string of the molecule is CN(C)c1cccc(C(=O)N2CCN(CC(N)=S)CC2)c1. The van der Waals surface area contributed by atoms with Crippen molar-refractivity contribution in [3.8, 4) is 0 Å². The molecule has 0 aromatic heterocycles. The van der Waals surface area contributed by atoms with E-state index in [1.807, 2.05) is 48.2 Å². The molecule has 114 valence electrons. The van der Waals surface area contributed by atoms with Crippen LogP contribution in [0.15, 0.2) is 24.3 Å². The number of anilines is 1. The zero-order chi connectivity index (χ0) is 15.4. The van der Waals surface area contributed by atoms with Crippen molar-refractivity contribution in [2.45, 2.75) is 0 Å². The molecule has 1 aliphatic rings. The van der Waals surface area contributed by atoms with Gasteiger partial charge in [0.25, 0.3) is 5.91 Å². The molecule has 0 saturated carbocycles. The molecule has 0 bridgehead atoms. The first-order chi connectivity index (χ1) is 9.97. The molecule has 0 aliphatic carbocycles. The zero-order valence-electron chi connectivity index (χ0n) is 12.6. The first-order valence-corrected chi connectivity index (χ1v) is 7.45. The van der Waals surface area contributed by atoms with Gasteiger partial charge < -0.3 is 15.5 Å². The lowest BCUT2D eigenvalue weighted by atomic mass is 10.1. The minimum Gasteiger partial charge on any atom is -0.392 e. The largest absolute Gasteiger partial charge is 0.392 e. The van der Waals surface area contributed by atoms with Gasteiger partial charge >= 0.3 is 0 Å². The van der Waals surface area contributed by atoms with Crippen LogP contribution < -0.4 is 10.6 Å². The number of nitrogens with zero attached hydrogens (tertiary/aromatic N) is 3. The minimum absolute atomic E-state index is 0.0914. The van der Waals surface area contributed by atoms with Crippen molar-refractivity contribution >= 4 is 28.8 Å². The molecule has 1 aliphatic heterocycles. The molecule has 1 fully saturated rings. The third kappa shape index (κ3) is 4.15. The third-order valence-corrected chi connectivity index (χ3v) is 3.78. The lowest BCUT2D eigenvalue weighted by Crippen LogP contribution is -2.50. The molecule has 1 saturated heterocycles. The fourth-order valence-electron chi connectivity index (χ4n) is 2.43. The molecule has 0 unspecified atom stereocenters. The van der Waals surface area contributed by atoms with Crippen molar-refractivity contribution in [3.05, 3.63) is 29.8 Å². The number of hydrogen-bond acceptors (Lipinski definition) is 4. The van der Waals surface area contributed by atoms with Gasteiger partial charge in [0.15, 0.2) is 0 Å². The van der Waals surface area contributed by atoms with Crippen LogP contribution in [0.2, 0.25) is 0 Å². The predicted octanol–water partition coefficient (Wildman–Crippen LogP) is 0.797. The molecule has 6 heteroatoms. The number of nitrogens with two attached hydrogens (primary N) is 1. The molecule has 1 aromatic carbocycles. The summed E-state index contributed by atoms with van der Waals surface area (Å²) in [5.74, 6) is 0.0914. The van der Waals surface area contributed by atoms with Crippen molar-refractivity contribution in [2.75, 3.05) is 51.7 Å². The number of carbonyl (C=O) groups excluding carboxylic acids is 1. The van der Waals surface area contributed by atoms with Crippen LogP contribution in [0.3, 0.4) is 0 Å². The van der Waals surface area contributed by atoms with E-state index in [0.29, 0.717) is 24.6 Å². The van der Waals surface area contributed by atoms with E-state index in [1.165, 1.54) is 0 Å². The quantitative estimate of drug-likeness (QED) is 0.834. The Morgan fingerprint density at radius 1 is 1.29 bits per heavy atom. The van der Waals surface area contributed by atoms with Gasteiger partial charge in [0, 0.05) is 58.1 Å². The maximum absolute atomic E-state index is 12.5. The number of benzene rings is 1. The molecule has 0 spiro atoms. The van der Waals surface area contributed by atoms with Crippen molar-refractivity contribution in [1.82, 2.24) is 9.80 Å². The van der Waals surface area contributed by atoms with Crippen molar-refractivity contribution in [3.63, 3.8) is 0 Å². The van der Waals surface area contributed by atoms with E-state index < -0.39 is 0 Å². The van der Waals surface area contributed by atoms with Gasteiger partial charge in [-0.25, -0.2) is 0 Å². The van der Waals surface area contributed by atoms with Crippen molar-refractivity contribution < 1.29 is 4.79 Å². The summed E-state index contributed by atoms with van der Waals surface area (Å²) in [5.41, 5.74) is 7.33. The Balaban J connectivity index is 1.98.